The summed E-state index contributed by atoms with van der Waals surface area (Å²) in [6.07, 6.45) is -4.37. The van der Waals surface area contributed by atoms with Gasteiger partial charge in [0.25, 0.3) is 0 Å². The van der Waals surface area contributed by atoms with Crippen molar-refractivity contribution in [3.8, 4) is 0 Å². The molecule has 1 unspecified atom stereocenters. The van der Waals surface area contributed by atoms with Crippen molar-refractivity contribution >= 4 is 54.8 Å². The molecule has 2 rings (SSSR count). The van der Waals surface area contributed by atoms with Crippen LogP contribution in [0.4, 0.5) is 13.2 Å². The predicted octanol–water partition coefficient (Wildman–Crippen LogP) is 6.25. The Balaban J connectivity index is 2.51. The Morgan fingerprint density at radius 1 is 1.24 bits per heavy atom. The van der Waals surface area contributed by atoms with Gasteiger partial charge in [-0.1, -0.05) is 27.5 Å². The van der Waals surface area contributed by atoms with E-state index in [0.717, 1.165) is 20.8 Å². The first-order valence-electron chi connectivity index (χ1n) is 5.72. The lowest BCUT2D eigenvalue weighted by Gasteiger charge is -2.18. The summed E-state index contributed by atoms with van der Waals surface area (Å²) in [4.78, 5) is 0.828. The largest absolute Gasteiger partial charge is 0.416 e. The van der Waals surface area contributed by atoms with Crippen LogP contribution in [-0.2, 0) is 6.18 Å². The normalized spacial score (nSPS) is 13.5. The fourth-order valence-electron chi connectivity index (χ4n) is 1.90. The highest BCUT2D eigenvalue weighted by molar-refractivity contribution is 9.11. The van der Waals surface area contributed by atoms with Gasteiger partial charge in [0.15, 0.2) is 0 Å². The molecule has 1 nitrogen and oxygen atoms in total. The van der Waals surface area contributed by atoms with E-state index in [1.807, 2.05) is 0 Å². The van der Waals surface area contributed by atoms with E-state index in [1.54, 1.807) is 13.1 Å². The number of nitrogens with one attached hydrogen (secondary N) is 1. The van der Waals surface area contributed by atoms with Crippen LogP contribution in [0.25, 0.3) is 0 Å². The van der Waals surface area contributed by atoms with Crippen LogP contribution >= 0.6 is 54.8 Å². The second-order valence-electron chi connectivity index (χ2n) is 4.23. The van der Waals surface area contributed by atoms with E-state index >= 15 is 0 Å². The highest BCUT2D eigenvalue weighted by Gasteiger charge is 2.32. The summed E-state index contributed by atoms with van der Waals surface area (Å²) >= 11 is 14.0. The van der Waals surface area contributed by atoms with E-state index in [2.05, 4.69) is 37.2 Å². The maximum Gasteiger partial charge on any atom is 0.416 e. The minimum atomic E-state index is -4.37. The average molecular weight is 464 g/mol. The van der Waals surface area contributed by atoms with Gasteiger partial charge in [0.2, 0.25) is 0 Å². The van der Waals surface area contributed by atoms with Gasteiger partial charge in [-0.25, -0.2) is 0 Å². The predicted molar refractivity (Wildman–Crippen MR) is 87.1 cm³/mol. The van der Waals surface area contributed by atoms with Crippen LogP contribution in [-0.4, -0.2) is 7.05 Å². The summed E-state index contributed by atoms with van der Waals surface area (Å²) in [5, 5.41) is 3.57. The number of thiophene rings is 1. The summed E-state index contributed by atoms with van der Waals surface area (Å²) < 4.78 is 40.0. The first-order valence-corrected chi connectivity index (χ1v) is 8.50. The van der Waals surface area contributed by atoms with Crippen LogP contribution in [0.2, 0.25) is 5.02 Å². The molecule has 0 spiro atoms. The average Bonchev–Trinajstić information content (AvgIpc) is 2.71. The Hall–Kier alpha value is -0.0800. The molecule has 0 saturated heterocycles. The summed E-state index contributed by atoms with van der Waals surface area (Å²) in [5.41, 5.74) is -0.166. The Kier molecular flexibility index (Phi) is 5.41. The molecule has 2 aromatic rings. The molecule has 1 N–H and O–H groups in total. The van der Waals surface area contributed by atoms with E-state index in [9.17, 15) is 13.2 Å². The van der Waals surface area contributed by atoms with Crippen LogP contribution in [0.5, 0.6) is 0 Å². The molecule has 0 aliphatic rings. The standard InChI is InChI=1S/C13H9Br2ClF3NS/c1-20-11(10-5-9(16)12(15)21-10)7-4-6(13(17,18)19)2-3-8(7)14/h2-5,11,20H,1H3. The molecule has 0 amide bonds. The maximum absolute atomic E-state index is 12.9. The van der Waals surface area contributed by atoms with Gasteiger partial charge < -0.3 is 5.32 Å². The summed E-state index contributed by atoms with van der Waals surface area (Å²) in [7, 11) is 1.69. The topological polar surface area (TPSA) is 12.0 Å². The second kappa shape index (κ2) is 6.58. The van der Waals surface area contributed by atoms with Gasteiger partial charge in [0.1, 0.15) is 0 Å². The molecule has 1 atom stereocenters. The fraction of sp³-hybridized carbons (Fsp3) is 0.231. The fourth-order valence-corrected chi connectivity index (χ4v) is 4.25. The smallest absolute Gasteiger partial charge is 0.309 e. The van der Waals surface area contributed by atoms with E-state index in [-0.39, 0.29) is 6.04 Å². The van der Waals surface area contributed by atoms with Gasteiger partial charge in [-0.05, 0) is 52.8 Å². The van der Waals surface area contributed by atoms with Gasteiger partial charge in [0, 0.05) is 9.35 Å². The number of halogens is 6. The molecule has 0 radical (unpaired) electrons. The molecule has 0 aliphatic carbocycles. The van der Waals surface area contributed by atoms with Crippen LogP contribution < -0.4 is 5.32 Å². The van der Waals surface area contributed by atoms with Crippen molar-refractivity contribution < 1.29 is 13.2 Å². The monoisotopic (exact) mass is 461 g/mol. The quantitative estimate of drug-likeness (QED) is 0.567. The number of hydrogen-bond acceptors (Lipinski definition) is 2. The van der Waals surface area contributed by atoms with Gasteiger partial charge in [-0.2, -0.15) is 13.2 Å². The van der Waals surface area contributed by atoms with Crippen LogP contribution in [0, 0.1) is 0 Å². The Morgan fingerprint density at radius 3 is 2.38 bits per heavy atom. The lowest BCUT2D eigenvalue weighted by Crippen LogP contribution is -2.18. The Morgan fingerprint density at radius 2 is 1.90 bits per heavy atom. The molecular formula is C13H9Br2ClF3NS. The molecule has 0 aliphatic heterocycles. The first kappa shape index (κ1) is 17.3. The molecular weight excluding hydrogens is 454 g/mol. The van der Waals surface area contributed by atoms with Crippen molar-refractivity contribution in [3.05, 3.63) is 53.6 Å². The van der Waals surface area contributed by atoms with E-state index < -0.39 is 11.7 Å². The molecule has 0 bridgehead atoms. The highest BCUT2D eigenvalue weighted by atomic mass is 79.9. The van der Waals surface area contributed by atoms with Crippen LogP contribution in [0.3, 0.4) is 0 Å². The van der Waals surface area contributed by atoms with E-state index in [1.165, 1.54) is 17.4 Å². The van der Waals surface area contributed by atoms with Crippen molar-refractivity contribution in [1.82, 2.24) is 5.32 Å². The Bertz CT molecular complexity index is 638. The van der Waals surface area contributed by atoms with Crippen LogP contribution in [0.15, 0.2) is 32.5 Å². The number of benzene rings is 1. The van der Waals surface area contributed by atoms with Crippen molar-refractivity contribution in [3.63, 3.8) is 0 Å². The molecule has 21 heavy (non-hydrogen) atoms. The molecule has 1 aromatic heterocycles. The summed E-state index contributed by atoms with van der Waals surface area (Å²) in [6.45, 7) is 0. The molecule has 1 aromatic carbocycles. The van der Waals surface area contributed by atoms with Crippen molar-refractivity contribution in [2.24, 2.45) is 0 Å². The number of hydrogen-bond donors (Lipinski definition) is 1. The van der Waals surface area contributed by atoms with Gasteiger partial charge >= 0.3 is 6.18 Å². The minimum Gasteiger partial charge on any atom is -0.309 e. The number of rotatable bonds is 3. The van der Waals surface area contributed by atoms with Crippen molar-refractivity contribution in [2.45, 2.75) is 12.2 Å². The SMILES string of the molecule is CNC(c1cc(Cl)c(Br)s1)c1cc(C(F)(F)F)ccc1Br. The zero-order chi connectivity index (χ0) is 15.8. The third-order valence-corrected chi connectivity index (χ3v) is 6.13. The molecule has 1 heterocycles. The Labute approximate surface area is 145 Å². The zero-order valence-electron chi connectivity index (χ0n) is 10.6. The second-order valence-corrected chi connectivity index (χ2v) is 7.89. The third kappa shape index (κ3) is 3.82. The minimum absolute atomic E-state index is 0.379. The molecule has 8 heteroatoms. The van der Waals surface area contributed by atoms with E-state index in [4.69, 9.17) is 11.6 Å². The van der Waals surface area contributed by atoms with Crippen molar-refractivity contribution in [2.75, 3.05) is 7.05 Å². The van der Waals surface area contributed by atoms with Crippen LogP contribution in [0.1, 0.15) is 22.0 Å². The lowest BCUT2D eigenvalue weighted by atomic mass is 10.0. The lowest BCUT2D eigenvalue weighted by molar-refractivity contribution is -0.137. The maximum atomic E-state index is 12.9. The first-order chi connectivity index (χ1) is 9.74. The summed E-state index contributed by atoms with van der Waals surface area (Å²) in [5.74, 6) is 0. The van der Waals surface area contributed by atoms with E-state index in [0.29, 0.717) is 15.1 Å². The highest BCUT2D eigenvalue weighted by Crippen LogP contribution is 2.40. The zero-order valence-corrected chi connectivity index (χ0v) is 15.3. The van der Waals surface area contributed by atoms with Crippen molar-refractivity contribution in [1.29, 1.82) is 0 Å². The van der Waals surface area contributed by atoms with Gasteiger partial charge in [-0.3, -0.25) is 0 Å². The van der Waals surface area contributed by atoms with Gasteiger partial charge in [0.05, 0.1) is 20.4 Å². The van der Waals surface area contributed by atoms with Gasteiger partial charge in [-0.15, -0.1) is 11.3 Å². The molecule has 114 valence electrons. The third-order valence-electron chi connectivity index (χ3n) is 2.87. The molecule has 0 fully saturated rings. The molecule has 0 saturated carbocycles. The number of alkyl halides is 3. The summed E-state index contributed by atoms with van der Waals surface area (Å²) in [6, 6.07) is 4.97.